The minimum absolute atomic E-state index is 0.220. The van der Waals surface area contributed by atoms with Crippen LogP contribution in [0, 0.1) is 0 Å². The number of fused-ring (bicyclic) bond motifs is 4. The first-order valence-corrected chi connectivity index (χ1v) is 9.50. The van der Waals surface area contributed by atoms with Crippen LogP contribution in [0.3, 0.4) is 0 Å². The first kappa shape index (κ1) is 18.1. The number of hydrogen-bond acceptors (Lipinski definition) is 3. The molecule has 27 heavy (non-hydrogen) atoms. The molecule has 0 radical (unpaired) electrons. The van der Waals surface area contributed by atoms with Crippen LogP contribution in [0.5, 0.6) is 0 Å². The molecule has 1 aromatic carbocycles. The molecule has 0 amide bonds. The van der Waals surface area contributed by atoms with Crippen LogP contribution in [0.15, 0.2) is 30.3 Å². The van der Waals surface area contributed by atoms with Gasteiger partial charge < -0.3 is 9.80 Å². The lowest BCUT2D eigenvalue weighted by Crippen LogP contribution is -2.40. The highest BCUT2D eigenvalue weighted by molar-refractivity contribution is 5.78. The van der Waals surface area contributed by atoms with E-state index in [0.717, 1.165) is 49.1 Å². The molecular weight excluding hydrogens is 351 g/mol. The molecule has 0 N–H and O–H groups in total. The normalized spacial score (nSPS) is 20.0. The number of alkyl halides is 3. The SMILES string of the molecule is CCC(C)c1cc2c(nc1-c1cccc(C(F)(F)F)c1)N(C)C1CCN2C1. The zero-order valence-corrected chi connectivity index (χ0v) is 15.8. The van der Waals surface area contributed by atoms with E-state index in [0.29, 0.717) is 17.3 Å². The van der Waals surface area contributed by atoms with Crippen LogP contribution in [0.25, 0.3) is 11.3 Å². The predicted octanol–water partition coefficient (Wildman–Crippen LogP) is 5.31. The standard InChI is InChI=1S/C21H24F3N3/c1-4-13(2)17-11-18-20(26(3)16-8-9-27(18)12-16)25-19(17)14-6-5-7-15(10-14)21(22,23)24/h5-7,10-11,13,16H,4,8-9,12H2,1-3H3. The van der Waals surface area contributed by atoms with Crippen molar-refractivity contribution in [3.05, 3.63) is 41.5 Å². The van der Waals surface area contributed by atoms with Crippen molar-refractivity contribution in [2.45, 2.75) is 44.8 Å². The second-order valence-electron chi connectivity index (χ2n) is 7.66. The summed E-state index contributed by atoms with van der Waals surface area (Å²) in [7, 11) is 2.04. The Kier molecular flexibility index (Phi) is 4.32. The van der Waals surface area contributed by atoms with Crippen molar-refractivity contribution in [2.24, 2.45) is 0 Å². The van der Waals surface area contributed by atoms with Gasteiger partial charge in [0.25, 0.3) is 0 Å². The monoisotopic (exact) mass is 375 g/mol. The Balaban J connectivity index is 1.90. The number of nitrogens with zero attached hydrogens (tertiary/aromatic N) is 3. The smallest absolute Gasteiger partial charge is 0.366 e. The van der Waals surface area contributed by atoms with E-state index in [1.54, 1.807) is 6.07 Å². The van der Waals surface area contributed by atoms with Gasteiger partial charge in [0.05, 0.1) is 16.9 Å². The zero-order valence-electron chi connectivity index (χ0n) is 15.8. The third kappa shape index (κ3) is 3.05. The highest BCUT2D eigenvalue weighted by Gasteiger charge is 2.36. The van der Waals surface area contributed by atoms with Crippen LogP contribution in [0.2, 0.25) is 0 Å². The second-order valence-corrected chi connectivity index (χ2v) is 7.66. The summed E-state index contributed by atoms with van der Waals surface area (Å²) in [6.45, 7) is 6.21. The van der Waals surface area contributed by atoms with Gasteiger partial charge in [0.1, 0.15) is 0 Å². The van der Waals surface area contributed by atoms with E-state index in [2.05, 4.69) is 29.7 Å². The molecule has 0 aliphatic carbocycles. The highest BCUT2D eigenvalue weighted by Crippen LogP contribution is 2.43. The first-order chi connectivity index (χ1) is 12.8. The number of likely N-dealkylation sites (N-methyl/N-ethyl adjacent to an activating group) is 1. The highest BCUT2D eigenvalue weighted by atomic mass is 19.4. The van der Waals surface area contributed by atoms with Crippen molar-refractivity contribution < 1.29 is 13.2 Å². The molecular formula is C21H24F3N3. The fourth-order valence-corrected chi connectivity index (χ4v) is 4.12. The molecule has 1 saturated heterocycles. The fraction of sp³-hybridized carbons (Fsp3) is 0.476. The molecule has 1 fully saturated rings. The molecule has 2 aliphatic rings. The van der Waals surface area contributed by atoms with E-state index in [1.165, 1.54) is 12.1 Å². The van der Waals surface area contributed by atoms with Gasteiger partial charge in [0.2, 0.25) is 0 Å². The third-order valence-electron chi connectivity index (χ3n) is 6.00. The van der Waals surface area contributed by atoms with Crippen molar-refractivity contribution in [2.75, 3.05) is 29.9 Å². The van der Waals surface area contributed by atoms with Gasteiger partial charge in [-0.25, -0.2) is 4.98 Å². The number of anilines is 2. The van der Waals surface area contributed by atoms with Crippen molar-refractivity contribution in [1.29, 1.82) is 0 Å². The van der Waals surface area contributed by atoms with Crippen molar-refractivity contribution >= 4 is 11.5 Å². The van der Waals surface area contributed by atoms with Gasteiger partial charge >= 0.3 is 6.18 Å². The number of benzene rings is 1. The van der Waals surface area contributed by atoms with E-state index in [4.69, 9.17) is 4.98 Å². The Morgan fingerprint density at radius 3 is 2.74 bits per heavy atom. The van der Waals surface area contributed by atoms with Gasteiger partial charge in [-0.05, 0) is 42.5 Å². The molecule has 6 heteroatoms. The molecule has 0 spiro atoms. The Morgan fingerprint density at radius 1 is 1.26 bits per heavy atom. The summed E-state index contributed by atoms with van der Waals surface area (Å²) in [6, 6.07) is 8.11. The van der Waals surface area contributed by atoms with Gasteiger partial charge in [0.15, 0.2) is 5.82 Å². The van der Waals surface area contributed by atoms with E-state index in [9.17, 15) is 13.2 Å². The fourth-order valence-electron chi connectivity index (χ4n) is 4.12. The van der Waals surface area contributed by atoms with Gasteiger partial charge in [-0.3, -0.25) is 0 Å². The maximum Gasteiger partial charge on any atom is 0.416 e. The number of hydrogen-bond donors (Lipinski definition) is 0. The molecule has 2 aliphatic heterocycles. The lowest BCUT2D eigenvalue weighted by Gasteiger charge is -2.36. The molecule has 2 unspecified atom stereocenters. The van der Waals surface area contributed by atoms with Crippen LogP contribution in [0.1, 0.15) is 43.7 Å². The molecule has 3 nitrogen and oxygen atoms in total. The molecule has 3 heterocycles. The molecule has 4 rings (SSSR count). The van der Waals surface area contributed by atoms with Crippen molar-refractivity contribution in [1.82, 2.24) is 4.98 Å². The first-order valence-electron chi connectivity index (χ1n) is 9.50. The number of rotatable bonds is 3. The van der Waals surface area contributed by atoms with E-state index in [1.807, 2.05) is 7.05 Å². The van der Waals surface area contributed by atoms with E-state index in [-0.39, 0.29) is 5.92 Å². The average molecular weight is 375 g/mol. The van der Waals surface area contributed by atoms with Crippen LogP contribution in [-0.2, 0) is 6.18 Å². The summed E-state index contributed by atoms with van der Waals surface area (Å²) in [5, 5.41) is 0. The van der Waals surface area contributed by atoms with Crippen LogP contribution in [0.4, 0.5) is 24.7 Å². The van der Waals surface area contributed by atoms with Crippen LogP contribution >= 0.6 is 0 Å². The summed E-state index contributed by atoms with van der Waals surface area (Å²) in [5.74, 6) is 1.10. The number of aromatic nitrogens is 1. The molecule has 2 atom stereocenters. The van der Waals surface area contributed by atoms with Crippen LogP contribution < -0.4 is 9.80 Å². The predicted molar refractivity (Wildman–Crippen MR) is 102 cm³/mol. The molecule has 0 saturated carbocycles. The summed E-state index contributed by atoms with van der Waals surface area (Å²) < 4.78 is 39.7. The average Bonchev–Trinajstić information content (AvgIpc) is 3.10. The maximum atomic E-state index is 13.2. The van der Waals surface area contributed by atoms with Gasteiger partial charge in [-0.2, -0.15) is 13.2 Å². The number of pyridine rings is 1. The van der Waals surface area contributed by atoms with Gasteiger partial charge in [-0.1, -0.05) is 26.0 Å². The third-order valence-corrected chi connectivity index (χ3v) is 6.00. The van der Waals surface area contributed by atoms with E-state index < -0.39 is 11.7 Å². The Labute approximate surface area is 157 Å². The molecule has 1 aromatic heterocycles. The quantitative estimate of drug-likeness (QED) is 0.725. The molecule has 2 aromatic rings. The lowest BCUT2D eigenvalue weighted by atomic mass is 9.92. The molecule has 2 bridgehead atoms. The minimum Gasteiger partial charge on any atom is -0.366 e. The number of halogens is 3. The maximum absolute atomic E-state index is 13.2. The summed E-state index contributed by atoms with van der Waals surface area (Å²) in [6.07, 6.45) is -2.36. The summed E-state index contributed by atoms with van der Waals surface area (Å²) >= 11 is 0. The topological polar surface area (TPSA) is 19.4 Å². The summed E-state index contributed by atoms with van der Waals surface area (Å²) in [5.41, 5.74) is 2.70. The Morgan fingerprint density at radius 2 is 2.04 bits per heavy atom. The molecule has 144 valence electrons. The summed E-state index contributed by atoms with van der Waals surface area (Å²) in [4.78, 5) is 9.46. The lowest BCUT2D eigenvalue weighted by molar-refractivity contribution is -0.137. The van der Waals surface area contributed by atoms with Gasteiger partial charge in [0, 0.05) is 31.7 Å². The van der Waals surface area contributed by atoms with Crippen LogP contribution in [-0.4, -0.2) is 31.2 Å². The van der Waals surface area contributed by atoms with Crippen molar-refractivity contribution in [3.63, 3.8) is 0 Å². The second kappa shape index (κ2) is 6.43. The minimum atomic E-state index is -4.36. The van der Waals surface area contributed by atoms with Gasteiger partial charge in [-0.15, -0.1) is 0 Å². The Bertz CT molecular complexity index is 862. The van der Waals surface area contributed by atoms with Crippen molar-refractivity contribution in [3.8, 4) is 11.3 Å². The van der Waals surface area contributed by atoms with E-state index >= 15 is 0 Å². The largest absolute Gasteiger partial charge is 0.416 e. The zero-order chi connectivity index (χ0) is 19.3. The Hall–Kier alpha value is -2.24.